The van der Waals surface area contributed by atoms with Crippen LogP contribution in [0.1, 0.15) is 37.3 Å². The van der Waals surface area contributed by atoms with E-state index in [-0.39, 0.29) is 5.91 Å². The topological polar surface area (TPSA) is 50.8 Å². The number of halogens is 2. The van der Waals surface area contributed by atoms with E-state index in [0.717, 1.165) is 34.4 Å². The molecule has 3 aromatic rings. The van der Waals surface area contributed by atoms with E-state index in [9.17, 15) is 4.79 Å². The van der Waals surface area contributed by atoms with Gasteiger partial charge in [0.2, 0.25) is 5.91 Å². The molecule has 188 valence electrons. The summed E-state index contributed by atoms with van der Waals surface area (Å²) in [5.74, 6) is 0.980. The Kier molecular flexibility index (Phi) is 9.31. The molecular formula is C29H30BrClN2O3. The molecule has 0 spiro atoms. The fourth-order valence-corrected chi connectivity index (χ4v) is 4.88. The zero-order valence-corrected chi connectivity index (χ0v) is 22.6. The first-order valence-electron chi connectivity index (χ1n) is 12.2. The molecule has 0 atom stereocenters. The van der Waals surface area contributed by atoms with Crippen LogP contribution in [0.5, 0.6) is 11.5 Å². The second kappa shape index (κ2) is 12.8. The number of nitrogens with zero attached hydrogens (tertiary/aromatic N) is 1. The normalized spacial score (nSPS) is 13.6. The number of nitrogens with one attached hydrogen (secondary N) is 1. The van der Waals surface area contributed by atoms with E-state index in [0.29, 0.717) is 29.7 Å². The van der Waals surface area contributed by atoms with Gasteiger partial charge < -0.3 is 19.7 Å². The fourth-order valence-electron chi connectivity index (χ4n) is 4.12. The Morgan fingerprint density at radius 3 is 2.53 bits per heavy atom. The lowest BCUT2D eigenvalue weighted by atomic mass is 10.1. The molecule has 0 aliphatic carbocycles. The molecule has 0 bridgehead atoms. The van der Waals surface area contributed by atoms with Gasteiger partial charge in [-0.25, -0.2) is 0 Å². The van der Waals surface area contributed by atoms with Crippen LogP contribution < -0.4 is 19.7 Å². The van der Waals surface area contributed by atoms with Gasteiger partial charge in [0.25, 0.3) is 0 Å². The van der Waals surface area contributed by atoms with Crippen LogP contribution in [0.25, 0.3) is 6.08 Å². The summed E-state index contributed by atoms with van der Waals surface area (Å²) in [5.41, 5.74) is 3.67. The van der Waals surface area contributed by atoms with Gasteiger partial charge in [-0.2, -0.15) is 0 Å². The van der Waals surface area contributed by atoms with Crippen LogP contribution in [0.2, 0.25) is 5.02 Å². The number of ether oxygens (including phenoxy) is 2. The Labute approximate surface area is 226 Å². The average Bonchev–Trinajstić information content (AvgIpc) is 2.89. The minimum atomic E-state index is -0.200. The van der Waals surface area contributed by atoms with Crippen LogP contribution >= 0.6 is 27.5 Å². The van der Waals surface area contributed by atoms with Gasteiger partial charge in [0.05, 0.1) is 11.1 Å². The predicted molar refractivity (Wildman–Crippen MR) is 151 cm³/mol. The van der Waals surface area contributed by atoms with Gasteiger partial charge in [0.15, 0.2) is 11.5 Å². The maximum Gasteiger partial charge on any atom is 0.248 e. The first kappa shape index (κ1) is 26.1. The number of carbonyl (C=O) groups is 1. The highest BCUT2D eigenvalue weighted by atomic mass is 79.9. The molecule has 1 fully saturated rings. The predicted octanol–water partition coefficient (Wildman–Crippen LogP) is 7.72. The minimum Gasteiger partial charge on any atom is -0.490 e. The highest BCUT2D eigenvalue weighted by Gasteiger charge is 2.13. The van der Waals surface area contributed by atoms with Crippen molar-refractivity contribution in [3.63, 3.8) is 0 Å². The highest BCUT2D eigenvalue weighted by molar-refractivity contribution is 9.10. The van der Waals surface area contributed by atoms with E-state index in [1.165, 1.54) is 31.0 Å². The third kappa shape index (κ3) is 7.05. The molecule has 1 aliphatic rings. The molecule has 5 nitrogen and oxygen atoms in total. The van der Waals surface area contributed by atoms with Crippen LogP contribution in [0.3, 0.4) is 0 Å². The summed E-state index contributed by atoms with van der Waals surface area (Å²) >= 11 is 9.84. The molecule has 0 aromatic heterocycles. The van der Waals surface area contributed by atoms with Crippen LogP contribution in [0, 0.1) is 0 Å². The average molecular weight is 570 g/mol. The molecule has 1 aliphatic heterocycles. The lowest BCUT2D eigenvalue weighted by Crippen LogP contribution is -2.29. The molecule has 3 aromatic carbocycles. The summed E-state index contributed by atoms with van der Waals surface area (Å²) in [5, 5.41) is 3.58. The van der Waals surface area contributed by atoms with Gasteiger partial charge >= 0.3 is 0 Å². The van der Waals surface area contributed by atoms with Crippen molar-refractivity contribution in [2.45, 2.75) is 32.8 Å². The minimum absolute atomic E-state index is 0.200. The van der Waals surface area contributed by atoms with Crippen molar-refractivity contribution in [3.05, 3.63) is 87.4 Å². The van der Waals surface area contributed by atoms with Gasteiger partial charge in [-0.1, -0.05) is 29.8 Å². The van der Waals surface area contributed by atoms with E-state index in [2.05, 4.69) is 38.3 Å². The van der Waals surface area contributed by atoms with Crippen molar-refractivity contribution < 1.29 is 14.3 Å². The van der Waals surface area contributed by atoms with Gasteiger partial charge in [-0.15, -0.1) is 0 Å². The second-order valence-corrected chi connectivity index (χ2v) is 9.82. The van der Waals surface area contributed by atoms with E-state index in [1.54, 1.807) is 6.08 Å². The number of rotatable bonds is 9. The Morgan fingerprint density at radius 1 is 1.06 bits per heavy atom. The number of anilines is 2. The summed E-state index contributed by atoms with van der Waals surface area (Å²) in [4.78, 5) is 14.9. The molecule has 36 heavy (non-hydrogen) atoms. The number of hydrogen-bond donors (Lipinski definition) is 1. The summed E-state index contributed by atoms with van der Waals surface area (Å²) in [6.45, 7) is 4.90. The largest absolute Gasteiger partial charge is 0.490 e. The van der Waals surface area contributed by atoms with Crippen LogP contribution in [0.15, 0.2) is 71.2 Å². The van der Waals surface area contributed by atoms with Crippen molar-refractivity contribution in [1.82, 2.24) is 0 Å². The van der Waals surface area contributed by atoms with Crippen molar-refractivity contribution in [2.75, 3.05) is 29.9 Å². The summed E-state index contributed by atoms with van der Waals surface area (Å²) < 4.78 is 12.6. The molecule has 1 heterocycles. The molecule has 0 saturated carbocycles. The Morgan fingerprint density at radius 2 is 1.81 bits per heavy atom. The highest BCUT2D eigenvalue weighted by Crippen LogP contribution is 2.38. The van der Waals surface area contributed by atoms with Crippen molar-refractivity contribution in [3.8, 4) is 11.5 Å². The van der Waals surface area contributed by atoms with Crippen LogP contribution in [-0.2, 0) is 11.4 Å². The molecule has 0 unspecified atom stereocenters. The Bertz CT molecular complexity index is 1210. The zero-order valence-electron chi connectivity index (χ0n) is 20.3. The van der Waals surface area contributed by atoms with Gasteiger partial charge in [-0.3, -0.25) is 4.79 Å². The van der Waals surface area contributed by atoms with Crippen LogP contribution in [-0.4, -0.2) is 25.6 Å². The summed E-state index contributed by atoms with van der Waals surface area (Å²) in [7, 11) is 0. The van der Waals surface area contributed by atoms with Crippen LogP contribution in [0.4, 0.5) is 11.4 Å². The second-order valence-electron chi connectivity index (χ2n) is 8.56. The van der Waals surface area contributed by atoms with E-state index < -0.39 is 0 Å². The molecular weight excluding hydrogens is 540 g/mol. The fraction of sp³-hybridized carbons (Fsp3) is 0.276. The van der Waals surface area contributed by atoms with E-state index >= 15 is 0 Å². The first-order chi connectivity index (χ1) is 17.5. The lowest BCUT2D eigenvalue weighted by Gasteiger charge is -2.28. The van der Waals surface area contributed by atoms with E-state index in [4.69, 9.17) is 21.1 Å². The first-order valence-corrected chi connectivity index (χ1v) is 13.4. The van der Waals surface area contributed by atoms with Gasteiger partial charge in [0, 0.05) is 41.1 Å². The number of carbonyl (C=O) groups excluding carboxylic acids is 1. The molecule has 1 N–H and O–H groups in total. The summed E-state index contributed by atoms with van der Waals surface area (Å²) in [6, 6.07) is 19.3. The molecule has 7 heteroatoms. The molecule has 0 radical (unpaired) electrons. The monoisotopic (exact) mass is 568 g/mol. The maximum atomic E-state index is 12.5. The number of piperidine rings is 1. The SMILES string of the molecule is CCOc1cc(/C=C/C(=O)Nc2ccc(N3CCCCC3)cc2)cc(Br)c1OCc1ccccc1Cl. The standard InChI is InChI=1S/C29H30BrClN2O3/c1-2-35-27-19-21(18-25(30)29(27)36-20-22-8-4-5-9-26(22)31)10-15-28(34)32-23-11-13-24(14-12-23)33-16-6-3-7-17-33/h4-5,8-15,18-19H,2-3,6-7,16-17,20H2,1H3,(H,32,34)/b15-10+. The Balaban J connectivity index is 1.40. The zero-order chi connectivity index (χ0) is 25.3. The van der Waals surface area contributed by atoms with Crippen molar-refractivity contribution in [1.29, 1.82) is 0 Å². The number of hydrogen-bond acceptors (Lipinski definition) is 4. The third-order valence-corrected chi connectivity index (χ3v) is 6.90. The Hall–Kier alpha value is -2.96. The van der Waals surface area contributed by atoms with Gasteiger partial charge in [-0.05, 0) is 96.2 Å². The van der Waals surface area contributed by atoms with E-state index in [1.807, 2.05) is 55.5 Å². The third-order valence-electron chi connectivity index (χ3n) is 5.94. The number of amides is 1. The number of benzene rings is 3. The van der Waals surface area contributed by atoms with Crippen molar-refractivity contribution in [2.24, 2.45) is 0 Å². The smallest absolute Gasteiger partial charge is 0.248 e. The molecule has 1 saturated heterocycles. The molecule has 1 amide bonds. The lowest BCUT2D eigenvalue weighted by molar-refractivity contribution is -0.111. The van der Waals surface area contributed by atoms with Gasteiger partial charge in [0.1, 0.15) is 6.61 Å². The molecule has 4 rings (SSSR count). The van der Waals surface area contributed by atoms with Crippen molar-refractivity contribution >= 4 is 50.9 Å². The summed E-state index contributed by atoms with van der Waals surface area (Å²) in [6.07, 6.45) is 7.04. The quantitative estimate of drug-likeness (QED) is 0.268. The maximum absolute atomic E-state index is 12.5.